The smallest absolute Gasteiger partial charge is 0.397 e. The van der Waals surface area contributed by atoms with Crippen LogP contribution in [0.15, 0.2) is 28.9 Å². The summed E-state index contributed by atoms with van der Waals surface area (Å²) >= 11 is 0. The average molecular weight is 380 g/mol. The van der Waals surface area contributed by atoms with Gasteiger partial charge in [0.2, 0.25) is 5.82 Å². The zero-order valence-corrected chi connectivity index (χ0v) is 15.9. The second-order valence-electron chi connectivity index (χ2n) is 6.99. The van der Waals surface area contributed by atoms with E-state index < -0.39 is 5.97 Å². The lowest BCUT2D eigenvalue weighted by atomic mass is 9.93. The molecule has 2 heterocycles. The van der Waals surface area contributed by atoms with Crippen LogP contribution in [0.1, 0.15) is 56.6 Å². The van der Waals surface area contributed by atoms with E-state index in [-0.39, 0.29) is 17.6 Å². The molecule has 1 aliphatic carbocycles. The number of ether oxygens (including phenoxy) is 1. The first kappa shape index (κ1) is 18.1. The molecule has 8 nitrogen and oxygen atoms in total. The van der Waals surface area contributed by atoms with Crippen LogP contribution in [0.5, 0.6) is 0 Å². The highest BCUT2D eigenvalue weighted by atomic mass is 16.6. The third kappa shape index (κ3) is 3.21. The van der Waals surface area contributed by atoms with Crippen molar-refractivity contribution >= 4 is 11.8 Å². The molecule has 1 aromatic carbocycles. The van der Waals surface area contributed by atoms with Crippen molar-refractivity contribution in [1.29, 1.82) is 0 Å². The Bertz CT molecular complexity index is 1070. The van der Waals surface area contributed by atoms with E-state index in [4.69, 9.17) is 4.52 Å². The molecule has 4 rings (SSSR count). The molecule has 0 saturated carbocycles. The summed E-state index contributed by atoms with van der Waals surface area (Å²) in [6.45, 7) is 1.86. The number of hydrogen-bond donors (Lipinski definition) is 0. The summed E-state index contributed by atoms with van der Waals surface area (Å²) in [6, 6.07) is 5.91. The van der Waals surface area contributed by atoms with Gasteiger partial charge in [-0.3, -0.25) is 9.48 Å². The van der Waals surface area contributed by atoms with Gasteiger partial charge in [0.15, 0.2) is 5.78 Å². The molecule has 1 atom stereocenters. The number of carbonyl (C=O) groups is 2. The average Bonchev–Trinajstić information content (AvgIpc) is 3.39. The molecule has 8 heteroatoms. The number of hydrogen-bond acceptors (Lipinski definition) is 7. The Hall–Kier alpha value is -3.29. The van der Waals surface area contributed by atoms with E-state index in [1.54, 1.807) is 10.9 Å². The molecule has 0 spiro atoms. The van der Waals surface area contributed by atoms with Crippen molar-refractivity contribution in [1.82, 2.24) is 19.9 Å². The fraction of sp³-hybridized carbons (Fsp3) is 0.350. The van der Waals surface area contributed by atoms with E-state index in [1.807, 2.05) is 32.2 Å². The minimum atomic E-state index is -0.663. The number of Topliss-reactive ketones (excluding diaryl/α,β-unsaturated/α-hetero) is 1. The molecule has 1 unspecified atom stereocenters. The van der Waals surface area contributed by atoms with Gasteiger partial charge in [0.25, 0.3) is 0 Å². The summed E-state index contributed by atoms with van der Waals surface area (Å²) in [7, 11) is 3.08. The summed E-state index contributed by atoms with van der Waals surface area (Å²) in [5, 5.41) is 8.11. The van der Waals surface area contributed by atoms with Crippen LogP contribution in [-0.4, -0.2) is 38.8 Å². The van der Waals surface area contributed by atoms with E-state index in [0.717, 1.165) is 24.1 Å². The quantitative estimate of drug-likeness (QED) is 0.495. The first-order valence-electron chi connectivity index (χ1n) is 9.05. The maximum absolute atomic E-state index is 12.7. The lowest BCUT2D eigenvalue weighted by Crippen LogP contribution is -2.06. The van der Waals surface area contributed by atoms with Gasteiger partial charge in [0, 0.05) is 25.2 Å². The molecule has 0 bridgehead atoms. The molecular formula is C20H20N4O4. The van der Waals surface area contributed by atoms with Crippen LogP contribution >= 0.6 is 0 Å². The van der Waals surface area contributed by atoms with Crippen LogP contribution in [0.2, 0.25) is 0 Å². The van der Waals surface area contributed by atoms with E-state index in [2.05, 4.69) is 20.0 Å². The lowest BCUT2D eigenvalue weighted by molar-refractivity contribution is 0.0545. The minimum absolute atomic E-state index is 0.119. The van der Waals surface area contributed by atoms with Gasteiger partial charge in [-0.15, -0.1) is 0 Å². The van der Waals surface area contributed by atoms with Gasteiger partial charge in [-0.25, -0.2) is 4.79 Å². The first-order chi connectivity index (χ1) is 13.5. The van der Waals surface area contributed by atoms with Gasteiger partial charge in [-0.1, -0.05) is 17.3 Å². The Morgan fingerprint density at radius 3 is 2.89 bits per heavy atom. The Morgan fingerprint density at radius 2 is 2.18 bits per heavy atom. The van der Waals surface area contributed by atoms with Crippen LogP contribution in [0, 0.1) is 6.92 Å². The van der Waals surface area contributed by atoms with Gasteiger partial charge >= 0.3 is 11.9 Å². The summed E-state index contributed by atoms with van der Waals surface area (Å²) in [4.78, 5) is 28.3. The largest absolute Gasteiger partial charge is 0.462 e. The van der Waals surface area contributed by atoms with E-state index in [1.165, 1.54) is 18.2 Å². The molecule has 3 aromatic rings. The highest BCUT2D eigenvalue weighted by Gasteiger charge is 2.27. The van der Waals surface area contributed by atoms with Crippen molar-refractivity contribution < 1.29 is 18.8 Å². The van der Waals surface area contributed by atoms with Gasteiger partial charge in [-0.05, 0) is 42.9 Å². The Kier molecular flexibility index (Phi) is 4.54. The number of ketones is 1. The van der Waals surface area contributed by atoms with Gasteiger partial charge in [-0.2, -0.15) is 10.1 Å². The summed E-state index contributed by atoms with van der Waals surface area (Å²) in [6.07, 6.45) is 4.05. The zero-order chi connectivity index (χ0) is 19.8. The van der Waals surface area contributed by atoms with E-state index in [9.17, 15) is 9.59 Å². The summed E-state index contributed by atoms with van der Waals surface area (Å²) in [5.74, 6) is -0.188. The van der Waals surface area contributed by atoms with Crippen LogP contribution in [-0.2, 0) is 18.2 Å². The molecule has 0 amide bonds. The SMILES string of the molecule is COC(=O)c1nc(-c2ccc3c(c2)CCC3CC(=O)c2cn(C)nc2C)no1. The van der Waals surface area contributed by atoms with Gasteiger partial charge < -0.3 is 9.26 Å². The fourth-order valence-corrected chi connectivity index (χ4v) is 3.77. The van der Waals surface area contributed by atoms with Crippen molar-refractivity contribution in [2.75, 3.05) is 7.11 Å². The van der Waals surface area contributed by atoms with Crippen molar-refractivity contribution in [3.8, 4) is 11.4 Å². The number of nitrogens with zero attached hydrogens (tertiary/aromatic N) is 4. The highest BCUT2D eigenvalue weighted by molar-refractivity contribution is 5.97. The third-order valence-corrected chi connectivity index (χ3v) is 5.13. The van der Waals surface area contributed by atoms with Crippen molar-refractivity contribution in [3.63, 3.8) is 0 Å². The van der Waals surface area contributed by atoms with Gasteiger partial charge in [0.05, 0.1) is 18.4 Å². The van der Waals surface area contributed by atoms with E-state index in [0.29, 0.717) is 17.8 Å². The maximum Gasteiger partial charge on any atom is 0.397 e. The number of esters is 1. The number of aryl methyl sites for hydroxylation is 3. The van der Waals surface area contributed by atoms with Crippen LogP contribution in [0.4, 0.5) is 0 Å². The molecule has 0 saturated heterocycles. The normalized spacial score (nSPS) is 15.5. The second kappa shape index (κ2) is 7.03. The predicted molar refractivity (Wildman–Crippen MR) is 99.0 cm³/mol. The number of methoxy groups -OCH3 is 1. The van der Waals surface area contributed by atoms with Crippen molar-refractivity contribution in [3.05, 3.63) is 52.7 Å². The Labute approximate surface area is 161 Å². The molecule has 144 valence electrons. The van der Waals surface area contributed by atoms with E-state index >= 15 is 0 Å². The third-order valence-electron chi connectivity index (χ3n) is 5.13. The molecule has 0 fully saturated rings. The van der Waals surface area contributed by atoms with Crippen LogP contribution < -0.4 is 0 Å². The summed E-state index contributed by atoms with van der Waals surface area (Å²) < 4.78 is 11.2. The molecule has 1 aliphatic rings. The Morgan fingerprint density at radius 1 is 1.36 bits per heavy atom. The highest BCUT2D eigenvalue weighted by Crippen LogP contribution is 2.38. The maximum atomic E-state index is 12.7. The molecular weight excluding hydrogens is 360 g/mol. The second-order valence-corrected chi connectivity index (χ2v) is 6.99. The topological polar surface area (TPSA) is 100 Å². The fourth-order valence-electron chi connectivity index (χ4n) is 3.77. The van der Waals surface area contributed by atoms with Crippen LogP contribution in [0.25, 0.3) is 11.4 Å². The van der Waals surface area contributed by atoms with Crippen molar-refractivity contribution in [2.24, 2.45) is 7.05 Å². The minimum Gasteiger partial charge on any atom is -0.462 e. The Balaban J connectivity index is 1.53. The number of aromatic nitrogens is 4. The van der Waals surface area contributed by atoms with Crippen LogP contribution in [0.3, 0.4) is 0 Å². The predicted octanol–water partition coefficient (Wildman–Crippen LogP) is 2.87. The molecule has 2 aromatic heterocycles. The number of rotatable bonds is 5. The van der Waals surface area contributed by atoms with Crippen molar-refractivity contribution in [2.45, 2.75) is 32.1 Å². The number of benzene rings is 1. The molecule has 0 aliphatic heterocycles. The summed E-state index contributed by atoms with van der Waals surface area (Å²) in [5.41, 5.74) is 4.57. The van der Waals surface area contributed by atoms with Gasteiger partial charge in [0.1, 0.15) is 0 Å². The zero-order valence-electron chi connectivity index (χ0n) is 15.9. The lowest BCUT2D eigenvalue weighted by Gasteiger charge is -2.11. The number of carbonyl (C=O) groups excluding carboxylic acids is 2. The molecule has 28 heavy (non-hydrogen) atoms. The molecule has 0 N–H and O–H groups in total. The standard InChI is InChI=1S/C20H20N4O4/c1-11-16(10-24(2)22-11)17(25)9-13-5-4-12-8-14(6-7-15(12)13)18-21-19(28-23-18)20(26)27-3/h6-8,10,13H,4-5,9H2,1-3H3. The number of fused-ring (bicyclic) bond motifs is 1. The molecule has 0 radical (unpaired) electrons. The first-order valence-corrected chi connectivity index (χ1v) is 9.05. The monoisotopic (exact) mass is 380 g/mol.